The Labute approximate surface area is 154 Å². The van der Waals surface area contributed by atoms with Crippen molar-refractivity contribution in [2.75, 3.05) is 12.4 Å². The smallest absolute Gasteiger partial charge is 0.262 e. The highest BCUT2D eigenvalue weighted by molar-refractivity contribution is 7.99. The Morgan fingerprint density at radius 1 is 1.04 bits per heavy atom. The van der Waals surface area contributed by atoms with Gasteiger partial charge < -0.3 is 4.74 Å². The summed E-state index contributed by atoms with van der Waals surface area (Å²) in [6, 6.07) is 17.3. The van der Waals surface area contributed by atoms with Gasteiger partial charge in [0.1, 0.15) is 5.75 Å². The monoisotopic (exact) mass is 366 g/mol. The second-order valence-electron chi connectivity index (χ2n) is 5.86. The fourth-order valence-corrected chi connectivity index (χ4v) is 3.69. The molecule has 4 aromatic rings. The van der Waals surface area contributed by atoms with Crippen molar-refractivity contribution in [3.63, 3.8) is 0 Å². The first-order valence-corrected chi connectivity index (χ1v) is 9.38. The molecule has 2 aromatic carbocycles. The number of para-hydroxylation sites is 2. The van der Waals surface area contributed by atoms with Crippen molar-refractivity contribution in [3.05, 3.63) is 65.0 Å². The van der Waals surface area contributed by atoms with Crippen molar-refractivity contribution in [1.82, 2.24) is 19.2 Å². The van der Waals surface area contributed by atoms with E-state index < -0.39 is 0 Å². The van der Waals surface area contributed by atoms with Crippen molar-refractivity contribution in [2.24, 2.45) is 7.05 Å². The van der Waals surface area contributed by atoms with Crippen LogP contribution in [0, 0.1) is 0 Å². The Balaban J connectivity index is 1.51. The molecule has 0 amide bonds. The summed E-state index contributed by atoms with van der Waals surface area (Å²) < 4.78 is 9.20. The normalized spacial score (nSPS) is 11.3. The Hall–Kier alpha value is -2.80. The summed E-state index contributed by atoms with van der Waals surface area (Å²) in [5.41, 5.74) is 0.770. The van der Waals surface area contributed by atoms with Gasteiger partial charge >= 0.3 is 0 Å². The fraction of sp³-hybridized carbons (Fsp3) is 0.211. The van der Waals surface area contributed by atoms with Gasteiger partial charge in [-0.25, -0.2) is 0 Å². The van der Waals surface area contributed by atoms with Crippen molar-refractivity contribution < 1.29 is 4.74 Å². The first-order valence-electron chi connectivity index (χ1n) is 8.39. The van der Waals surface area contributed by atoms with Crippen LogP contribution in [0.2, 0.25) is 0 Å². The van der Waals surface area contributed by atoms with Gasteiger partial charge in [0.05, 0.1) is 17.5 Å². The van der Waals surface area contributed by atoms with E-state index in [9.17, 15) is 4.79 Å². The van der Waals surface area contributed by atoms with Crippen LogP contribution in [-0.2, 0) is 7.05 Å². The summed E-state index contributed by atoms with van der Waals surface area (Å²) >= 11 is 1.62. The predicted molar refractivity (Wildman–Crippen MR) is 103 cm³/mol. The van der Waals surface area contributed by atoms with Gasteiger partial charge in [-0.15, -0.1) is 10.2 Å². The third-order valence-corrected chi connectivity index (χ3v) is 5.14. The molecule has 132 valence electrons. The van der Waals surface area contributed by atoms with Crippen LogP contribution < -0.4 is 10.3 Å². The zero-order valence-electron chi connectivity index (χ0n) is 14.3. The Kier molecular flexibility index (Phi) is 4.62. The highest BCUT2D eigenvalue weighted by Gasteiger charge is 2.14. The van der Waals surface area contributed by atoms with Crippen LogP contribution in [0.15, 0.2) is 64.5 Å². The first-order chi connectivity index (χ1) is 12.8. The number of benzene rings is 2. The van der Waals surface area contributed by atoms with Gasteiger partial charge in [0.25, 0.3) is 5.56 Å². The van der Waals surface area contributed by atoms with Gasteiger partial charge in [0.15, 0.2) is 5.16 Å². The number of rotatable bonds is 6. The van der Waals surface area contributed by atoms with Crippen molar-refractivity contribution in [2.45, 2.75) is 11.6 Å². The second kappa shape index (κ2) is 7.21. The van der Waals surface area contributed by atoms with E-state index in [1.807, 2.05) is 59.0 Å². The van der Waals surface area contributed by atoms with Crippen LogP contribution in [0.3, 0.4) is 0 Å². The summed E-state index contributed by atoms with van der Waals surface area (Å²) in [7, 11) is 1.72. The lowest BCUT2D eigenvalue weighted by Crippen LogP contribution is -2.20. The SMILES string of the molecule is Cn1c(=O)c2ccccc2n2c(SCCCOc3ccccc3)nnc12. The van der Waals surface area contributed by atoms with Crippen molar-refractivity contribution in [3.8, 4) is 5.75 Å². The number of aryl methyl sites for hydroxylation is 1. The van der Waals surface area contributed by atoms with Crippen LogP contribution in [0.5, 0.6) is 5.75 Å². The molecule has 0 atom stereocenters. The summed E-state index contributed by atoms with van der Waals surface area (Å²) in [4.78, 5) is 12.4. The molecule has 0 aliphatic heterocycles. The predicted octanol–water partition coefficient (Wildman–Crippen LogP) is 3.14. The minimum atomic E-state index is -0.0617. The minimum absolute atomic E-state index is 0.0617. The first kappa shape index (κ1) is 16.7. The number of aromatic nitrogens is 4. The Morgan fingerprint density at radius 2 is 1.81 bits per heavy atom. The molecule has 2 aromatic heterocycles. The lowest BCUT2D eigenvalue weighted by Gasteiger charge is -2.08. The quantitative estimate of drug-likeness (QED) is 0.387. The maximum atomic E-state index is 12.4. The van der Waals surface area contributed by atoms with E-state index in [-0.39, 0.29) is 5.56 Å². The lowest BCUT2D eigenvalue weighted by molar-refractivity contribution is 0.318. The van der Waals surface area contributed by atoms with E-state index >= 15 is 0 Å². The van der Waals surface area contributed by atoms with Gasteiger partial charge in [0, 0.05) is 12.8 Å². The summed E-state index contributed by atoms with van der Waals surface area (Å²) in [6.45, 7) is 0.646. The van der Waals surface area contributed by atoms with E-state index in [2.05, 4.69) is 10.2 Å². The maximum absolute atomic E-state index is 12.4. The number of hydrogen-bond acceptors (Lipinski definition) is 5. The number of ether oxygens (including phenoxy) is 1. The van der Waals surface area contributed by atoms with Gasteiger partial charge in [-0.3, -0.25) is 13.8 Å². The topological polar surface area (TPSA) is 61.4 Å². The van der Waals surface area contributed by atoms with Crippen molar-refractivity contribution >= 4 is 28.4 Å². The van der Waals surface area contributed by atoms with E-state index in [0.717, 1.165) is 28.6 Å². The maximum Gasteiger partial charge on any atom is 0.262 e. The summed E-state index contributed by atoms with van der Waals surface area (Å²) in [6.07, 6.45) is 0.887. The average Bonchev–Trinajstić information content (AvgIpc) is 3.11. The zero-order chi connectivity index (χ0) is 17.9. The van der Waals surface area contributed by atoms with Gasteiger partial charge in [-0.1, -0.05) is 42.1 Å². The fourth-order valence-electron chi connectivity index (χ4n) is 2.83. The molecular formula is C19H18N4O2S. The van der Waals surface area contributed by atoms with Gasteiger partial charge in [-0.05, 0) is 30.7 Å². The van der Waals surface area contributed by atoms with E-state index in [0.29, 0.717) is 17.8 Å². The third kappa shape index (κ3) is 3.06. The van der Waals surface area contributed by atoms with Gasteiger partial charge in [-0.2, -0.15) is 0 Å². The molecule has 0 radical (unpaired) electrons. The third-order valence-electron chi connectivity index (χ3n) is 4.13. The lowest BCUT2D eigenvalue weighted by atomic mass is 10.2. The zero-order valence-corrected chi connectivity index (χ0v) is 15.1. The second-order valence-corrected chi connectivity index (χ2v) is 6.92. The van der Waals surface area contributed by atoms with Crippen LogP contribution >= 0.6 is 11.8 Å². The molecule has 0 fully saturated rings. The minimum Gasteiger partial charge on any atom is -0.494 e. The van der Waals surface area contributed by atoms with E-state index in [1.165, 1.54) is 4.57 Å². The molecular weight excluding hydrogens is 348 g/mol. The highest BCUT2D eigenvalue weighted by atomic mass is 32.2. The molecule has 26 heavy (non-hydrogen) atoms. The number of fused-ring (bicyclic) bond motifs is 3. The molecule has 0 N–H and O–H groups in total. The summed E-state index contributed by atoms with van der Waals surface area (Å²) in [5, 5.41) is 9.93. The molecule has 6 nitrogen and oxygen atoms in total. The molecule has 4 rings (SSSR count). The molecule has 0 spiro atoms. The molecule has 0 aliphatic rings. The standard InChI is InChI=1S/C19H18N4O2S/c1-22-17(24)15-10-5-6-11-16(15)23-18(22)20-21-19(23)26-13-7-12-25-14-8-3-2-4-9-14/h2-6,8-11H,7,12-13H2,1H3. The van der Waals surface area contributed by atoms with E-state index in [4.69, 9.17) is 4.74 Å². The van der Waals surface area contributed by atoms with E-state index in [1.54, 1.807) is 18.8 Å². The van der Waals surface area contributed by atoms with Crippen molar-refractivity contribution in [1.29, 1.82) is 0 Å². The average molecular weight is 366 g/mol. The number of hydrogen-bond donors (Lipinski definition) is 0. The Bertz CT molecular complexity index is 1110. The molecule has 0 unspecified atom stereocenters. The molecule has 0 bridgehead atoms. The van der Waals surface area contributed by atoms with Crippen LogP contribution in [0.1, 0.15) is 6.42 Å². The molecule has 0 saturated carbocycles. The molecule has 7 heteroatoms. The molecule has 0 aliphatic carbocycles. The Morgan fingerprint density at radius 3 is 2.65 bits per heavy atom. The number of thioether (sulfide) groups is 1. The largest absolute Gasteiger partial charge is 0.494 e. The van der Waals surface area contributed by atoms with Crippen LogP contribution in [-0.4, -0.2) is 31.5 Å². The number of nitrogens with zero attached hydrogens (tertiary/aromatic N) is 4. The highest BCUT2D eigenvalue weighted by Crippen LogP contribution is 2.21. The van der Waals surface area contributed by atoms with Gasteiger partial charge in [0.2, 0.25) is 5.78 Å². The van der Waals surface area contributed by atoms with Crippen LogP contribution in [0.25, 0.3) is 16.7 Å². The molecule has 0 saturated heterocycles. The van der Waals surface area contributed by atoms with Crippen LogP contribution in [0.4, 0.5) is 0 Å². The molecule has 2 heterocycles. The summed E-state index contributed by atoms with van der Waals surface area (Å²) in [5.74, 6) is 2.29.